The molecule has 0 spiro atoms. The van der Waals surface area contributed by atoms with Crippen LogP contribution in [0.2, 0.25) is 0 Å². The zero-order valence-electron chi connectivity index (χ0n) is 21.2. The lowest BCUT2D eigenvalue weighted by Crippen LogP contribution is -2.29. The van der Waals surface area contributed by atoms with Crippen LogP contribution in [-0.2, 0) is 4.79 Å². The summed E-state index contributed by atoms with van der Waals surface area (Å²) in [5.41, 5.74) is 7.83. The normalized spacial score (nSPS) is 14.7. The van der Waals surface area contributed by atoms with Crippen LogP contribution in [-0.4, -0.2) is 17.8 Å². The summed E-state index contributed by atoms with van der Waals surface area (Å²) in [7, 11) is 2.05. The molecule has 0 fully saturated rings. The second kappa shape index (κ2) is 8.92. The van der Waals surface area contributed by atoms with Gasteiger partial charge in [0.2, 0.25) is 0 Å². The lowest BCUT2D eigenvalue weighted by molar-refractivity contribution is -0.114. The van der Waals surface area contributed by atoms with Crippen molar-refractivity contribution in [2.75, 3.05) is 12.5 Å². The van der Waals surface area contributed by atoms with Crippen molar-refractivity contribution in [2.24, 2.45) is 10.8 Å². The first-order chi connectivity index (χ1) is 15.9. The van der Waals surface area contributed by atoms with Crippen molar-refractivity contribution < 1.29 is 4.79 Å². The summed E-state index contributed by atoms with van der Waals surface area (Å²) in [5.74, 6) is 0.151. The molecular weight excluding hydrogens is 436 g/mol. The van der Waals surface area contributed by atoms with Crippen LogP contribution in [0, 0.1) is 10.8 Å². The number of allylic oxidation sites excluding steroid dienone is 5. The summed E-state index contributed by atoms with van der Waals surface area (Å²) in [6, 6.07) is 20.9. The van der Waals surface area contributed by atoms with Gasteiger partial charge < -0.3 is 0 Å². The number of fused-ring (bicyclic) bond motifs is 1. The van der Waals surface area contributed by atoms with Gasteiger partial charge in [-0.25, -0.2) is 0 Å². The van der Waals surface area contributed by atoms with Crippen LogP contribution in [0.5, 0.6) is 0 Å². The van der Waals surface area contributed by atoms with Crippen LogP contribution in [0.1, 0.15) is 46.4 Å². The molecule has 34 heavy (non-hydrogen) atoms. The van der Waals surface area contributed by atoms with Gasteiger partial charge in [0, 0.05) is 28.5 Å². The number of nitrogens with one attached hydrogen (secondary N) is 1. The van der Waals surface area contributed by atoms with Crippen molar-refractivity contribution in [1.82, 2.24) is 5.01 Å². The molecule has 0 aliphatic heterocycles. The van der Waals surface area contributed by atoms with E-state index in [1.165, 1.54) is 10.1 Å². The maximum absolute atomic E-state index is 13.5. The van der Waals surface area contributed by atoms with Crippen LogP contribution in [0.4, 0.5) is 5.69 Å². The van der Waals surface area contributed by atoms with Crippen molar-refractivity contribution in [3.63, 3.8) is 0 Å². The summed E-state index contributed by atoms with van der Waals surface area (Å²) in [5, 5.41) is 3.30. The highest BCUT2D eigenvalue weighted by Gasteiger charge is 2.35. The Hall–Kier alpha value is -3.11. The fraction of sp³-hybridized carbons (Fsp3) is 0.300. The van der Waals surface area contributed by atoms with Gasteiger partial charge in [0.25, 0.3) is 0 Å². The number of para-hydroxylation sites is 1. The summed E-state index contributed by atoms with van der Waals surface area (Å²) < 4.78 is 1.25. The smallest absolute Gasteiger partial charge is 0.186 e. The zero-order valence-corrected chi connectivity index (χ0v) is 22.0. The van der Waals surface area contributed by atoms with Crippen LogP contribution < -0.4 is 5.43 Å². The molecule has 0 amide bonds. The summed E-state index contributed by atoms with van der Waals surface area (Å²) in [6.07, 6.45) is 4.20. The molecule has 1 N–H and O–H groups in total. The van der Waals surface area contributed by atoms with E-state index in [0.29, 0.717) is 0 Å². The maximum Gasteiger partial charge on any atom is 0.186 e. The first kappa shape index (κ1) is 24.0. The van der Waals surface area contributed by atoms with Gasteiger partial charge in [-0.3, -0.25) is 15.2 Å². The lowest BCUT2D eigenvalue weighted by atomic mass is 9.71. The number of thiophene rings is 1. The molecule has 176 valence electrons. The molecule has 1 aliphatic carbocycles. The number of rotatable bonds is 4. The van der Waals surface area contributed by atoms with E-state index in [0.717, 1.165) is 33.0 Å². The molecule has 0 saturated heterocycles. The number of anilines is 1. The SMILES string of the molecule is CN(Nc1ccccc1)C(=C1C=C(C(C)(C)C)C(=O)C(C(C)(C)C)=C1)c1cc2ccccc2s1. The fourth-order valence-electron chi connectivity index (χ4n) is 4.24. The second-order valence-electron chi connectivity index (χ2n) is 10.9. The molecule has 1 aliphatic rings. The Morgan fingerprint density at radius 2 is 1.38 bits per heavy atom. The van der Waals surface area contributed by atoms with E-state index in [1.54, 1.807) is 11.3 Å². The Morgan fingerprint density at radius 3 is 1.94 bits per heavy atom. The lowest BCUT2D eigenvalue weighted by Gasteiger charge is -2.33. The minimum Gasteiger partial charge on any atom is -0.299 e. The Morgan fingerprint density at radius 1 is 0.824 bits per heavy atom. The van der Waals surface area contributed by atoms with Crippen molar-refractivity contribution in [3.05, 3.63) is 94.4 Å². The van der Waals surface area contributed by atoms with E-state index in [1.807, 2.05) is 25.2 Å². The van der Waals surface area contributed by atoms with Crippen LogP contribution >= 0.6 is 11.3 Å². The number of hydrazine groups is 1. The Kier molecular flexibility index (Phi) is 6.30. The molecule has 0 bridgehead atoms. The molecule has 3 aromatic rings. The first-order valence-electron chi connectivity index (χ1n) is 11.7. The van der Waals surface area contributed by atoms with Crippen LogP contribution in [0.3, 0.4) is 0 Å². The van der Waals surface area contributed by atoms with Gasteiger partial charge in [-0.2, -0.15) is 0 Å². The van der Waals surface area contributed by atoms with Crippen LogP contribution in [0.15, 0.2) is 89.5 Å². The number of carbonyl (C=O) groups excluding carboxylic acids is 1. The molecule has 1 heterocycles. The third kappa shape index (κ3) is 4.88. The fourth-order valence-corrected chi connectivity index (χ4v) is 5.41. The van der Waals surface area contributed by atoms with E-state index in [2.05, 4.69) is 107 Å². The molecule has 4 heteroatoms. The quantitative estimate of drug-likeness (QED) is 0.391. The molecule has 1 aromatic heterocycles. The van der Waals surface area contributed by atoms with E-state index >= 15 is 0 Å². The molecule has 0 radical (unpaired) electrons. The number of ketones is 1. The van der Waals surface area contributed by atoms with Gasteiger partial charge in [0.15, 0.2) is 5.78 Å². The summed E-state index contributed by atoms with van der Waals surface area (Å²) >= 11 is 1.77. The largest absolute Gasteiger partial charge is 0.299 e. The van der Waals surface area contributed by atoms with Gasteiger partial charge in [-0.1, -0.05) is 77.9 Å². The number of nitrogens with zero attached hydrogens (tertiary/aromatic N) is 1. The summed E-state index contributed by atoms with van der Waals surface area (Å²) in [6.45, 7) is 12.7. The topological polar surface area (TPSA) is 32.3 Å². The second-order valence-corrected chi connectivity index (χ2v) is 12.0. The number of Topliss-reactive ketones (excluding diaryl/α,β-unsaturated/α-hetero) is 1. The van der Waals surface area contributed by atoms with Gasteiger partial charge >= 0.3 is 0 Å². The maximum atomic E-state index is 13.5. The third-order valence-corrected chi connectivity index (χ3v) is 7.17. The van der Waals surface area contributed by atoms with Crippen molar-refractivity contribution in [1.29, 1.82) is 0 Å². The molecule has 0 atom stereocenters. The number of hydrogen-bond donors (Lipinski definition) is 1. The monoisotopic (exact) mass is 470 g/mol. The van der Waals surface area contributed by atoms with Gasteiger partial charge in [-0.05, 0) is 52.6 Å². The Balaban J connectivity index is 1.97. The number of benzene rings is 2. The molecule has 0 unspecified atom stereocenters. The minimum absolute atomic E-state index is 0.151. The van der Waals surface area contributed by atoms with Crippen molar-refractivity contribution in [2.45, 2.75) is 41.5 Å². The van der Waals surface area contributed by atoms with Crippen molar-refractivity contribution >= 4 is 38.6 Å². The highest BCUT2D eigenvalue weighted by Crippen LogP contribution is 2.42. The number of carbonyl (C=O) groups is 1. The zero-order chi connectivity index (χ0) is 24.7. The van der Waals surface area contributed by atoms with E-state index in [9.17, 15) is 4.79 Å². The molecule has 2 aromatic carbocycles. The predicted molar refractivity (Wildman–Crippen MR) is 147 cm³/mol. The van der Waals surface area contributed by atoms with E-state index in [4.69, 9.17) is 0 Å². The molecule has 0 saturated carbocycles. The third-order valence-electron chi connectivity index (χ3n) is 6.04. The van der Waals surface area contributed by atoms with Gasteiger partial charge in [0.05, 0.1) is 16.3 Å². The number of hydrogen-bond acceptors (Lipinski definition) is 4. The van der Waals surface area contributed by atoms with Crippen molar-refractivity contribution in [3.8, 4) is 0 Å². The predicted octanol–water partition coefficient (Wildman–Crippen LogP) is 8.10. The standard InChI is InChI=1S/C30H34N2OS/c1-29(2,3)23-17-21(18-24(28(23)33)30(4,5)6)27(32(7)31-22-14-9-8-10-15-22)26-19-20-13-11-12-16-25(20)34-26/h8-19,31H,1-7H3. The summed E-state index contributed by atoms with van der Waals surface area (Å²) in [4.78, 5) is 14.7. The van der Waals surface area contributed by atoms with E-state index in [-0.39, 0.29) is 16.6 Å². The minimum atomic E-state index is -0.260. The van der Waals surface area contributed by atoms with Crippen LogP contribution in [0.25, 0.3) is 15.8 Å². The van der Waals surface area contributed by atoms with E-state index < -0.39 is 0 Å². The molecule has 3 nitrogen and oxygen atoms in total. The average molecular weight is 471 g/mol. The molecule has 4 rings (SSSR count). The van der Waals surface area contributed by atoms with Gasteiger partial charge in [0.1, 0.15) is 0 Å². The first-order valence-corrected chi connectivity index (χ1v) is 12.5. The Bertz CT molecular complexity index is 1240. The highest BCUT2D eigenvalue weighted by atomic mass is 32.1. The highest BCUT2D eigenvalue weighted by molar-refractivity contribution is 7.20. The Labute approximate surface area is 207 Å². The average Bonchev–Trinajstić information content (AvgIpc) is 3.17. The van der Waals surface area contributed by atoms with Gasteiger partial charge in [-0.15, -0.1) is 11.3 Å². The molecular formula is C30H34N2OS.